The maximum absolute atomic E-state index is 2.67. The third-order valence-corrected chi connectivity index (χ3v) is 13.0. The summed E-state index contributed by atoms with van der Waals surface area (Å²) in [7, 11) is 0. The normalized spacial score (nSPS) is 16.9. The maximum Gasteiger partial charge on any atom is 0.0540 e. The molecule has 60 heavy (non-hydrogen) atoms. The van der Waals surface area contributed by atoms with Crippen LogP contribution in [-0.4, -0.2) is 6.04 Å². The van der Waals surface area contributed by atoms with E-state index in [1.165, 1.54) is 85.2 Å². The van der Waals surface area contributed by atoms with Crippen LogP contribution in [0.3, 0.4) is 0 Å². The predicted octanol–water partition coefficient (Wildman–Crippen LogP) is 15.9. The first kappa shape index (κ1) is 36.0. The van der Waals surface area contributed by atoms with E-state index in [9.17, 15) is 0 Å². The lowest BCUT2D eigenvalue weighted by Gasteiger charge is -2.39. The third kappa shape index (κ3) is 6.46. The minimum absolute atomic E-state index is 0.368. The first-order valence-electron chi connectivity index (χ1n) is 21.4. The molecule has 0 bridgehead atoms. The Hall–Kier alpha value is -7.16. The van der Waals surface area contributed by atoms with Gasteiger partial charge in [-0.1, -0.05) is 182 Å². The Morgan fingerprint density at radius 3 is 1.77 bits per heavy atom. The summed E-state index contributed by atoms with van der Waals surface area (Å²) in [5.41, 5.74) is 16.3. The van der Waals surface area contributed by atoms with Gasteiger partial charge >= 0.3 is 0 Å². The van der Waals surface area contributed by atoms with Gasteiger partial charge in [-0.05, 0) is 117 Å². The molecule has 2 heteroatoms. The molecule has 2 nitrogen and oxygen atoms in total. The molecular formula is C58H46N2. The van der Waals surface area contributed by atoms with Crippen molar-refractivity contribution in [2.24, 2.45) is 0 Å². The zero-order chi connectivity index (χ0) is 39.8. The van der Waals surface area contributed by atoms with Crippen LogP contribution in [0.2, 0.25) is 0 Å². The summed E-state index contributed by atoms with van der Waals surface area (Å²) in [5, 5.41) is 2.71. The Kier molecular flexibility index (Phi) is 9.32. The number of fused-ring (bicyclic) bond motifs is 5. The van der Waals surface area contributed by atoms with Gasteiger partial charge in [-0.3, -0.25) is 0 Å². The van der Waals surface area contributed by atoms with E-state index in [2.05, 4.69) is 234 Å². The topological polar surface area (TPSA) is 6.48 Å². The van der Waals surface area contributed by atoms with Crippen LogP contribution in [0.4, 0.5) is 28.4 Å². The number of hydrogen-bond donors (Lipinski definition) is 0. The number of para-hydroxylation sites is 2. The molecule has 1 aliphatic carbocycles. The number of nitrogens with zero attached hydrogens (tertiary/aromatic N) is 2. The molecule has 0 spiro atoms. The van der Waals surface area contributed by atoms with Crippen molar-refractivity contribution in [1.82, 2.24) is 0 Å². The van der Waals surface area contributed by atoms with Crippen molar-refractivity contribution in [3.8, 4) is 33.4 Å². The molecular weight excluding hydrogens is 725 g/mol. The summed E-state index contributed by atoms with van der Waals surface area (Å²) in [5.74, 6) is 0.738. The van der Waals surface area contributed by atoms with Gasteiger partial charge in [-0.15, -0.1) is 0 Å². The Bertz CT molecular complexity index is 2900. The molecule has 1 fully saturated rings. The molecule has 9 aromatic rings. The summed E-state index contributed by atoms with van der Waals surface area (Å²) in [6.07, 6.45) is 3.53. The van der Waals surface area contributed by atoms with E-state index < -0.39 is 0 Å². The fraction of sp³-hybridized carbons (Fsp3) is 0.103. The number of benzene rings is 9. The molecule has 3 unspecified atom stereocenters. The average molecular weight is 771 g/mol. The second kappa shape index (κ2) is 15.5. The molecule has 9 aromatic carbocycles. The minimum atomic E-state index is 0.368. The van der Waals surface area contributed by atoms with Gasteiger partial charge < -0.3 is 9.80 Å². The highest BCUT2D eigenvalue weighted by molar-refractivity contribution is 5.95. The molecule has 1 heterocycles. The van der Waals surface area contributed by atoms with Crippen LogP contribution in [0.25, 0.3) is 44.2 Å². The Labute approximate surface area is 353 Å². The summed E-state index contributed by atoms with van der Waals surface area (Å²) in [4.78, 5) is 5.14. The van der Waals surface area contributed by atoms with Crippen LogP contribution in [0.1, 0.15) is 42.2 Å². The van der Waals surface area contributed by atoms with Crippen molar-refractivity contribution in [3.63, 3.8) is 0 Å². The van der Waals surface area contributed by atoms with Gasteiger partial charge in [0, 0.05) is 40.3 Å². The monoisotopic (exact) mass is 770 g/mol. The van der Waals surface area contributed by atoms with E-state index >= 15 is 0 Å². The maximum atomic E-state index is 2.67. The molecule has 0 N–H and O–H groups in total. The summed E-state index contributed by atoms with van der Waals surface area (Å²) >= 11 is 0. The van der Waals surface area contributed by atoms with E-state index in [0.717, 1.165) is 17.8 Å². The highest BCUT2D eigenvalue weighted by atomic mass is 15.2. The first-order chi connectivity index (χ1) is 29.8. The lowest BCUT2D eigenvalue weighted by molar-refractivity contribution is 0.355. The van der Waals surface area contributed by atoms with E-state index in [1.54, 1.807) is 0 Å². The summed E-state index contributed by atoms with van der Waals surface area (Å²) in [6, 6.07) is 83.1. The molecule has 0 saturated heterocycles. The lowest BCUT2D eigenvalue weighted by atomic mass is 9.70. The quantitative estimate of drug-likeness (QED) is 0.152. The summed E-state index contributed by atoms with van der Waals surface area (Å²) in [6.45, 7) is 0. The average Bonchev–Trinajstić information content (AvgIpc) is 3.68. The van der Waals surface area contributed by atoms with Crippen molar-refractivity contribution in [1.29, 1.82) is 0 Å². The van der Waals surface area contributed by atoms with Gasteiger partial charge in [0.2, 0.25) is 0 Å². The number of hydrogen-bond acceptors (Lipinski definition) is 2. The molecule has 2 aliphatic rings. The van der Waals surface area contributed by atoms with Crippen LogP contribution in [-0.2, 0) is 0 Å². The Morgan fingerprint density at radius 1 is 0.433 bits per heavy atom. The van der Waals surface area contributed by atoms with Gasteiger partial charge in [-0.2, -0.15) is 0 Å². The van der Waals surface area contributed by atoms with Crippen molar-refractivity contribution in [2.45, 2.75) is 37.1 Å². The summed E-state index contributed by atoms with van der Waals surface area (Å²) < 4.78 is 0. The molecule has 288 valence electrons. The Balaban J connectivity index is 1.02. The zero-order valence-electron chi connectivity index (χ0n) is 33.6. The molecule has 11 rings (SSSR count). The van der Waals surface area contributed by atoms with Gasteiger partial charge in [0.15, 0.2) is 0 Å². The second-order valence-corrected chi connectivity index (χ2v) is 16.4. The van der Waals surface area contributed by atoms with Crippen LogP contribution < -0.4 is 9.80 Å². The van der Waals surface area contributed by atoms with Crippen LogP contribution in [0, 0.1) is 0 Å². The van der Waals surface area contributed by atoms with Gasteiger partial charge in [0.25, 0.3) is 0 Å². The van der Waals surface area contributed by atoms with Crippen LogP contribution >= 0.6 is 0 Å². The molecule has 0 amide bonds. The van der Waals surface area contributed by atoms with E-state index in [4.69, 9.17) is 0 Å². The van der Waals surface area contributed by atoms with E-state index in [-0.39, 0.29) is 0 Å². The molecule has 3 atom stereocenters. The van der Waals surface area contributed by atoms with Crippen LogP contribution in [0.5, 0.6) is 0 Å². The smallest absolute Gasteiger partial charge is 0.0540 e. The van der Waals surface area contributed by atoms with Crippen molar-refractivity contribution < 1.29 is 0 Å². The second-order valence-electron chi connectivity index (χ2n) is 16.4. The first-order valence-corrected chi connectivity index (χ1v) is 21.4. The van der Waals surface area contributed by atoms with E-state index in [1.807, 2.05) is 0 Å². The molecule has 1 saturated carbocycles. The zero-order valence-corrected chi connectivity index (χ0v) is 33.6. The van der Waals surface area contributed by atoms with Crippen molar-refractivity contribution >= 4 is 39.2 Å². The van der Waals surface area contributed by atoms with Gasteiger partial charge in [-0.25, -0.2) is 0 Å². The molecule has 0 radical (unpaired) electrons. The third-order valence-electron chi connectivity index (χ3n) is 13.0. The standard InChI is InChI=1S/C58H46N2/c1-4-16-41(17-5-1)42-30-32-43(33-31-42)44-34-37-49(38-35-44)59(54-28-13-12-25-51(54)45-18-6-2-7-19-45)50-24-14-21-47(40-50)53-27-15-29-55-58(53)57-52-26-11-10-20-46(52)36-39-56(57)60(55)48-22-8-3-9-23-48/h1-14,16-26,28,30-40,53,55,58H,15,27,29H2. The van der Waals surface area contributed by atoms with Crippen LogP contribution in [0.15, 0.2) is 224 Å². The molecule has 1 aliphatic heterocycles. The van der Waals surface area contributed by atoms with Crippen molar-refractivity contribution in [2.75, 3.05) is 9.80 Å². The lowest BCUT2D eigenvalue weighted by Crippen LogP contribution is -2.35. The fourth-order valence-corrected chi connectivity index (χ4v) is 10.3. The SMILES string of the molecule is c1ccc(-c2ccc(-c3ccc(N(c4cccc(C5CCCC6C5c5c(ccc7ccccc57)N6c5ccccc5)c4)c4ccccc4-c4ccccc4)cc3)cc2)cc1. The molecule has 0 aromatic heterocycles. The Morgan fingerprint density at radius 2 is 1.03 bits per heavy atom. The number of anilines is 5. The number of rotatable bonds is 8. The van der Waals surface area contributed by atoms with Gasteiger partial charge in [0.05, 0.1) is 5.69 Å². The predicted molar refractivity (Wildman–Crippen MR) is 253 cm³/mol. The largest absolute Gasteiger partial charge is 0.337 e. The fourth-order valence-electron chi connectivity index (χ4n) is 10.3. The minimum Gasteiger partial charge on any atom is -0.337 e. The highest BCUT2D eigenvalue weighted by Gasteiger charge is 2.46. The highest BCUT2D eigenvalue weighted by Crippen LogP contribution is 2.58. The van der Waals surface area contributed by atoms with Gasteiger partial charge in [0.1, 0.15) is 0 Å². The van der Waals surface area contributed by atoms with Crippen molar-refractivity contribution in [3.05, 3.63) is 236 Å². The van der Waals surface area contributed by atoms with E-state index in [0.29, 0.717) is 17.9 Å².